The van der Waals surface area contributed by atoms with Gasteiger partial charge in [-0.15, -0.1) is 0 Å². The normalized spacial score (nSPS) is 22.4. The van der Waals surface area contributed by atoms with Crippen molar-refractivity contribution in [1.82, 2.24) is 10.6 Å². The Morgan fingerprint density at radius 2 is 2.13 bits per heavy atom. The Kier molecular flexibility index (Phi) is 1.71. The lowest BCUT2D eigenvalue weighted by atomic mass is 10.1. The summed E-state index contributed by atoms with van der Waals surface area (Å²) in [6, 6.07) is 5.60. The number of carbonyl (C=O) groups is 1. The minimum atomic E-state index is -0.127. The maximum Gasteiger partial charge on any atom is 0.315 e. The number of hydrogen-bond donors (Lipinski definition) is 2. The molecule has 5 heteroatoms. The predicted octanol–water partition coefficient (Wildman–Crippen LogP) is 0.769. The molecule has 2 amide bonds. The van der Waals surface area contributed by atoms with Crippen LogP contribution in [0.3, 0.4) is 0 Å². The van der Waals surface area contributed by atoms with Crippen LogP contribution in [0.4, 0.5) is 4.79 Å². The number of ether oxygens (including phenoxy) is 2. The summed E-state index contributed by atoms with van der Waals surface area (Å²) in [7, 11) is 0. The SMILES string of the molecule is O=C1NC[C@@H](c2ccc3c(c2)OCO3)N1. The van der Waals surface area contributed by atoms with Crippen molar-refractivity contribution in [2.24, 2.45) is 0 Å². The number of urea groups is 1. The van der Waals surface area contributed by atoms with Gasteiger partial charge in [0.1, 0.15) is 0 Å². The van der Waals surface area contributed by atoms with Gasteiger partial charge in [-0.3, -0.25) is 0 Å². The fourth-order valence-electron chi connectivity index (χ4n) is 1.79. The zero-order valence-electron chi connectivity index (χ0n) is 7.95. The number of carbonyl (C=O) groups excluding carboxylic acids is 1. The van der Waals surface area contributed by atoms with Crippen LogP contribution in [-0.2, 0) is 0 Å². The van der Waals surface area contributed by atoms with Gasteiger partial charge in [0, 0.05) is 6.54 Å². The van der Waals surface area contributed by atoms with E-state index in [1.54, 1.807) is 0 Å². The van der Waals surface area contributed by atoms with E-state index in [0.29, 0.717) is 6.54 Å². The molecule has 1 fully saturated rings. The fraction of sp³-hybridized carbons (Fsp3) is 0.300. The van der Waals surface area contributed by atoms with Crippen LogP contribution in [0, 0.1) is 0 Å². The maximum atomic E-state index is 11.0. The highest BCUT2D eigenvalue weighted by atomic mass is 16.7. The third kappa shape index (κ3) is 1.36. The second-order valence-corrected chi connectivity index (χ2v) is 3.52. The Morgan fingerprint density at radius 3 is 2.93 bits per heavy atom. The highest BCUT2D eigenvalue weighted by Crippen LogP contribution is 2.34. The first-order valence-corrected chi connectivity index (χ1v) is 4.77. The van der Waals surface area contributed by atoms with Crippen LogP contribution in [0.1, 0.15) is 11.6 Å². The minimum absolute atomic E-state index is 0.0204. The van der Waals surface area contributed by atoms with Gasteiger partial charge in [-0.05, 0) is 17.7 Å². The third-order valence-electron chi connectivity index (χ3n) is 2.57. The van der Waals surface area contributed by atoms with Gasteiger partial charge >= 0.3 is 6.03 Å². The molecule has 1 atom stereocenters. The predicted molar refractivity (Wildman–Crippen MR) is 51.8 cm³/mol. The van der Waals surface area contributed by atoms with Crippen LogP contribution in [0.15, 0.2) is 18.2 Å². The van der Waals surface area contributed by atoms with Crippen LogP contribution in [0.2, 0.25) is 0 Å². The molecule has 2 heterocycles. The highest BCUT2D eigenvalue weighted by Gasteiger charge is 2.23. The quantitative estimate of drug-likeness (QED) is 0.713. The van der Waals surface area contributed by atoms with Crippen molar-refractivity contribution in [3.05, 3.63) is 23.8 Å². The molecule has 0 aromatic heterocycles. The molecule has 1 aromatic carbocycles. The molecule has 0 bridgehead atoms. The molecule has 1 aromatic rings. The first kappa shape index (κ1) is 8.40. The second kappa shape index (κ2) is 3.05. The smallest absolute Gasteiger partial charge is 0.315 e. The van der Waals surface area contributed by atoms with E-state index >= 15 is 0 Å². The van der Waals surface area contributed by atoms with Gasteiger partial charge in [0.05, 0.1) is 6.04 Å². The van der Waals surface area contributed by atoms with E-state index in [-0.39, 0.29) is 18.9 Å². The van der Waals surface area contributed by atoms with Crippen molar-refractivity contribution in [1.29, 1.82) is 0 Å². The monoisotopic (exact) mass is 206 g/mol. The first-order valence-electron chi connectivity index (χ1n) is 4.77. The zero-order chi connectivity index (χ0) is 10.3. The average Bonchev–Trinajstić information content (AvgIpc) is 2.84. The number of amides is 2. The van der Waals surface area contributed by atoms with Crippen molar-refractivity contribution >= 4 is 6.03 Å². The van der Waals surface area contributed by atoms with Crippen LogP contribution in [0.5, 0.6) is 11.5 Å². The molecule has 0 spiro atoms. The molecule has 2 N–H and O–H groups in total. The van der Waals surface area contributed by atoms with Gasteiger partial charge in [0.15, 0.2) is 11.5 Å². The van der Waals surface area contributed by atoms with Gasteiger partial charge in [0.25, 0.3) is 0 Å². The van der Waals surface area contributed by atoms with Crippen molar-refractivity contribution in [3.8, 4) is 11.5 Å². The molecular formula is C10H10N2O3. The molecule has 5 nitrogen and oxygen atoms in total. The fourth-order valence-corrected chi connectivity index (χ4v) is 1.79. The minimum Gasteiger partial charge on any atom is -0.454 e. The molecule has 2 aliphatic heterocycles. The Balaban J connectivity index is 1.89. The largest absolute Gasteiger partial charge is 0.454 e. The van der Waals surface area contributed by atoms with E-state index in [1.807, 2.05) is 18.2 Å². The van der Waals surface area contributed by atoms with E-state index in [1.165, 1.54) is 0 Å². The Morgan fingerprint density at radius 1 is 1.27 bits per heavy atom. The third-order valence-corrected chi connectivity index (χ3v) is 2.57. The number of fused-ring (bicyclic) bond motifs is 1. The summed E-state index contributed by atoms with van der Waals surface area (Å²) in [6.07, 6.45) is 0. The number of rotatable bonds is 1. The summed E-state index contributed by atoms with van der Waals surface area (Å²) in [5.74, 6) is 1.50. The van der Waals surface area contributed by atoms with Gasteiger partial charge < -0.3 is 20.1 Å². The zero-order valence-corrected chi connectivity index (χ0v) is 7.95. The Bertz CT molecular complexity index is 419. The first-order chi connectivity index (χ1) is 7.33. The maximum absolute atomic E-state index is 11.0. The summed E-state index contributed by atoms with van der Waals surface area (Å²) in [6.45, 7) is 0.881. The van der Waals surface area contributed by atoms with Gasteiger partial charge in [-0.2, -0.15) is 0 Å². The standard InChI is InChI=1S/C10H10N2O3/c13-10-11-4-7(12-10)6-1-2-8-9(3-6)15-5-14-8/h1-3,7H,4-5H2,(H2,11,12,13)/t7-/m0/s1. The second-order valence-electron chi connectivity index (χ2n) is 3.52. The molecule has 1 saturated heterocycles. The Hall–Kier alpha value is -1.91. The van der Waals surface area contributed by atoms with E-state index in [0.717, 1.165) is 17.1 Å². The van der Waals surface area contributed by atoms with Crippen LogP contribution in [-0.4, -0.2) is 19.4 Å². The summed E-state index contributed by atoms with van der Waals surface area (Å²) in [5, 5.41) is 5.53. The molecule has 2 aliphatic rings. The summed E-state index contributed by atoms with van der Waals surface area (Å²) >= 11 is 0. The molecule has 0 aliphatic carbocycles. The molecule has 15 heavy (non-hydrogen) atoms. The van der Waals surface area contributed by atoms with E-state index in [9.17, 15) is 4.79 Å². The van der Waals surface area contributed by atoms with Gasteiger partial charge in [-0.1, -0.05) is 6.07 Å². The van der Waals surface area contributed by atoms with Crippen LogP contribution < -0.4 is 20.1 Å². The van der Waals surface area contributed by atoms with E-state index < -0.39 is 0 Å². The summed E-state index contributed by atoms with van der Waals surface area (Å²) in [5.41, 5.74) is 1.03. The van der Waals surface area contributed by atoms with Crippen LogP contribution >= 0.6 is 0 Å². The molecule has 0 saturated carbocycles. The summed E-state index contributed by atoms with van der Waals surface area (Å²) in [4.78, 5) is 11.0. The number of nitrogens with one attached hydrogen (secondary N) is 2. The Labute approximate surface area is 86.4 Å². The summed E-state index contributed by atoms with van der Waals surface area (Å²) < 4.78 is 10.5. The molecule has 0 unspecified atom stereocenters. The van der Waals surface area contributed by atoms with E-state index in [4.69, 9.17) is 9.47 Å². The van der Waals surface area contributed by atoms with Crippen molar-refractivity contribution in [2.75, 3.05) is 13.3 Å². The molecular weight excluding hydrogens is 196 g/mol. The van der Waals surface area contributed by atoms with Crippen molar-refractivity contribution in [2.45, 2.75) is 6.04 Å². The molecule has 0 radical (unpaired) electrons. The van der Waals surface area contributed by atoms with Crippen molar-refractivity contribution in [3.63, 3.8) is 0 Å². The lowest BCUT2D eigenvalue weighted by Gasteiger charge is -2.09. The number of hydrogen-bond acceptors (Lipinski definition) is 3. The van der Waals surface area contributed by atoms with Gasteiger partial charge in [0.2, 0.25) is 6.79 Å². The highest BCUT2D eigenvalue weighted by molar-refractivity contribution is 5.77. The topological polar surface area (TPSA) is 59.6 Å². The number of benzene rings is 1. The van der Waals surface area contributed by atoms with Gasteiger partial charge in [-0.25, -0.2) is 4.79 Å². The average molecular weight is 206 g/mol. The van der Waals surface area contributed by atoms with Crippen molar-refractivity contribution < 1.29 is 14.3 Å². The molecule has 78 valence electrons. The lowest BCUT2D eigenvalue weighted by molar-refractivity contribution is 0.174. The van der Waals surface area contributed by atoms with E-state index in [2.05, 4.69) is 10.6 Å². The molecule has 3 rings (SSSR count). The lowest BCUT2D eigenvalue weighted by Crippen LogP contribution is -2.21. The van der Waals surface area contributed by atoms with Crippen LogP contribution in [0.25, 0.3) is 0 Å².